The molecule has 3 atom stereocenters. The molecule has 0 saturated heterocycles. The maximum absolute atomic E-state index is 10.8. The number of methoxy groups -OCH3 is 1. The Bertz CT molecular complexity index is 342. The van der Waals surface area contributed by atoms with Crippen LogP contribution in [-0.2, 0) is 19.1 Å². The molecule has 0 saturated carbocycles. The van der Waals surface area contributed by atoms with E-state index in [-0.39, 0.29) is 11.8 Å². The summed E-state index contributed by atoms with van der Waals surface area (Å²) in [6, 6.07) is 0. The lowest BCUT2D eigenvalue weighted by Crippen LogP contribution is -2.34. The first kappa shape index (κ1) is 10.1. The van der Waals surface area contributed by atoms with Gasteiger partial charge in [-0.15, -0.1) is 0 Å². The molecule has 0 amide bonds. The van der Waals surface area contributed by atoms with Crippen molar-refractivity contribution in [2.24, 2.45) is 11.8 Å². The van der Waals surface area contributed by atoms with Crippen molar-refractivity contribution in [3.63, 3.8) is 0 Å². The molecule has 0 fully saturated rings. The minimum atomic E-state index is -0.461. The monoisotopic (exact) mass is 208 g/mol. The molecule has 0 spiro atoms. The van der Waals surface area contributed by atoms with Crippen molar-refractivity contribution >= 4 is 12.6 Å². The lowest BCUT2D eigenvalue weighted by atomic mass is 9.84. The van der Waals surface area contributed by atoms with Crippen LogP contribution in [0.2, 0.25) is 0 Å². The summed E-state index contributed by atoms with van der Waals surface area (Å²) in [6.45, 7) is 0. The zero-order valence-corrected chi connectivity index (χ0v) is 8.38. The van der Waals surface area contributed by atoms with Gasteiger partial charge in [0.05, 0.1) is 12.2 Å². The maximum atomic E-state index is 10.8. The fourth-order valence-corrected chi connectivity index (χ4v) is 2.23. The summed E-state index contributed by atoms with van der Waals surface area (Å²) in [5, 5.41) is 0. The number of carbonyl (C=O) groups is 2. The van der Waals surface area contributed by atoms with Crippen molar-refractivity contribution in [3.8, 4) is 0 Å². The molecule has 0 aromatic carbocycles. The summed E-state index contributed by atoms with van der Waals surface area (Å²) in [7, 11) is 1.53. The maximum Gasteiger partial charge on any atom is 0.206 e. The molecule has 0 bridgehead atoms. The van der Waals surface area contributed by atoms with Gasteiger partial charge < -0.3 is 9.47 Å². The first-order valence-electron chi connectivity index (χ1n) is 4.80. The van der Waals surface area contributed by atoms with Crippen LogP contribution in [0, 0.1) is 11.8 Å². The lowest BCUT2D eigenvalue weighted by Gasteiger charge is -2.32. The van der Waals surface area contributed by atoms with Crippen LogP contribution in [0.1, 0.15) is 6.42 Å². The van der Waals surface area contributed by atoms with Gasteiger partial charge in [0, 0.05) is 18.6 Å². The summed E-state index contributed by atoms with van der Waals surface area (Å²) in [5.74, 6) is -0.112. The highest BCUT2D eigenvalue weighted by Crippen LogP contribution is 2.41. The quantitative estimate of drug-likeness (QED) is 0.645. The predicted molar refractivity (Wildman–Crippen MR) is 51.8 cm³/mol. The summed E-state index contributed by atoms with van der Waals surface area (Å²) in [5.41, 5.74) is 1.26. The Balaban J connectivity index is 2.31. The van der Waals surface area contributed by atoms with E-state index in [0.29, 0.717) is 17.6 Å². The normalized spacial score (nSPS) is 33.5. The second-order valence-corrected chi connectivity index (χ2v) is 3.67. The molecule has 15 heavy (non-hydrogen) atoms. The third-order valence-corrected chi connectivity index (χ3v) is 2.99. The lowest BCUT2D eigenvalue weighted by molar-refractivity contribution is -0.134. The molecule has 4 nitrogen and oxygen atoms in total. The van der Waals surface area contributed by atoms with Crippen LogP contribution >= 0.6 is 0 Å². The highest BCUT2D eigenvalue weighted by atomic mass is 16.7. The fourth-order valence-electron chi connectivity index (χ4n) is 2.23. The number of allylic oxidation sites excluding steroid dienone is 2. The van der Waals surface area contributed by atoms with E-state index in [0.717, 1.165) is 12.6 Å². The van der Waals surface area contributed by atoms with Gasteiger partial charge >= 0.3 is 0 Å². The fraction of sp³-hybridized carbons (Fsp3) is 0.455. The van der Waals surface area contributed by atoms with Crippen LogP contribution in [-0.4, -0.2) is 26.0 Å². The molecule has 1 heterocycles. The van der Waals surface area contributed by atoms with E-state index in [4.69, 9.17) is 9.47 Å². The number of aldehydes is 2. The number of rotatable bonds is 3. The second kappa shape index (κ2) is 3.98. The molecule has 0 aromatic heterocycles. The first-order chi connectivity index (χ1) is 7.31. The van der Waals surface area contributed by atoms with Crippen LogP contribution in [0.15, 0.2) is 23.5 Å². The standard InChI is InChI=1S/C11H12O4/c1-14-11-10-7(4-12)2-3-9(10)8(5-13)6-15-11/h2,4-6,9-11H,3H2,1H3. The number of hydrogen-bond donors (Lipinski definition) is 0. The van der Waals surface area contributed by atoms with Gasteiger partial charge in [-0.2, -0.15) is 0 Å². The molecule has 4 heteroatoms. The highest BCUT2D eigenvalue weighted by Gasteiger charge is 2.41. The summed E-state index contributed by atoms with van der Waals surface area (Å²) in [6.07, 6.45) is 5.12. The zero-order chi connectivity index (χ0) is 10.8. The van der Waals surface area contributed by atoms with E-state index in [1.807, 2.05) is 6.08 Å². The Hall–Kier alpha value is -1.42. The van der Waals surface area contributed by atoms with Gasteiger partial charge in [0.1, 0.15) is 12.6 Å². The summed E-state index contributed by atoms with van der Waals surface area (Å²) in [4.78, 5) is 21.6. The van der Waals surface area contributed by atoms with Crippen LogP contribution in [0.25, 0.3) is 0 Å². The van der Waals surface area contributed by atoms with Crippen molar-refractivity contribution < 1.29 is 19.1 Å². The van der Waals surface area contributed by atoms with E-state index in [9.17, 15) is 9.59 Å². The van der Waals surface area contributed by atoms with E-state index >= 15 is 0 Å². The number of carbonyl (C=O) groups excluding carboxylic acids is 2. The van der Waals surface area contributed by atoms with E-state index in [1.165, 1.54) is 13.4 Å². The van der Waals surface area contributed by atoms with E-state index in [2.05, 4.69) is 0 Å². The number of fused-ring (bicyclic) bond motifs is 1. The second-order valence-electron chi connectivity index (χ2n) is 3.67. The van der Waals surface area contributed by atoms with E-state index in [1.54, 1.807) is 0 Å². The Kier molecular flexibility index (Phi) is 2.68. The van der Waals surface area contributed by atoms with Gasteiger partial charge in [0.15, 0.2) is 0 Å². The highest BCUT2D eigenvalue weighted by molar-refractivity contribution is 5.79. The third-order valence-electron chi connectivity index (χ3n) is 2.99. The van der Waals surface area contributed by atoms with Crippen molar-refractivity contribution in [1.82, 2.24) is 0 Å². The summed E-state index contributed by atoms with van der Waals surface area (Å²) < 4.78 is 10.4. The molecule has 0 radical (unpaired) electrons. The van der Waals surface area contributed by atoms with Crippen molar-refractivity contribution in [2.75, 3.05) is 7.11 Å². The van der Waals surface area contributed by atoms with Gasteiger partial charge in [-0.25, -0.2) is 0 Å². The first-order valence-corrected chi connectivity index (χ1v) is 4.80. The minimum Gasteiger partial charge on any atom is -0.471 e. The average Bonchev–Trinajstić information content (AvgIpc) is 2.71. The molecule has 80 valence electrons. The Labute approximate surface area is 87.5 Å². The molecule has 2 aliphatic rings. The summed E-state index contributed by atoms with van der Waals surface area (Å²) >= 11 is 0. The molecule has 0 aromatic rings. The smallest absolute Gasteiger partial charge is 0.206 e. The van der Waals surface area contributed by atoms with Crippen LogP contribution in [0.3, 0.4) is 0 Å². The molecule has 0 N–H and O–H groups in total. The Morgan fingerprint density at radius 2 is 2.13 bits per heavy atom. The van der Waals surface area contributed by atoms with Crippen LogP contribution < -0.4 is 0 Å². The predicted octanol–water partition coefficient (Wildman–Crippen LogP) is 0.833. The van der Waals surface area contributed by atoms with Gasteiger partial charge in [0.2, 0.25) is 6.29 Å². The molecule has 3 unspecified atom stereocenters. The molecule has 1 aliphatic heterocycles. The van der Waals surface area contributed by atoms with Gasteiger partial charge in [-0.3, -0.25) is 9.59 Å². The minimum absolute atomic E-state index is 0.0291. The van der Waals surface area contributed by atoms with Crippen molar-refractivity contribution in [1.29, 1.82) is 0 Å². The largest absolute Gasteiger partial charge is 0.471 e. The molecule has 2 rings (SSSR count). The number of ether oxygens (including phenoxy) is 2. The Morgan fingerprint density at radius 1 is 1.40 bits per heavy atom. The number of hydrogen-bond acceptors (Lipinski definition) is 4. The SMILES string of the molecule is COC1OC=C(C=O)C2CC=C(C=O)C12. The van der Waals surface area contributed by atoms with E-state index < -0.39 is 6.29 Å². The van der Waals surface area contributed by atoms with Gasteiger partial charge in [-0.1, -0.05) is 6.08 Å². The molecular weight excluding hydrogens is 196 g/mol. The van der Waals surface area contributed by atoms with Gasteiger partial charge in [0.25, 0.3) is 0 Å². The Morgan fingerprint density at radius 3 is 2.73 bits per heavy atom. The van der Waals surface area contributed by atoms with Crippen LogP contribution in [0.4, 0.5) is 0 Å². The average molecular weight is 208 g/mol. The van der Waals surface area contributed by atoms with Crippen LogP contribution in [0.5, 0.6) is 0 Å². The van der Waals surface area contributed by atoms with Gasteiger partial charge in [-0.05, 0) is 12.0 Å². The van der Waals surface area contributed by atoms with Crippen molar-refractivity contribution in [3.05, 3.63) is 23.5 Å². The van der Waals surface area contributed by atoms with Crippen molar-refractivity contribution in [2.45, 2.75) is 12.7 Å². The zero-order valence-electron chi connectivity index (χ0n) is 8.38. The third kappa shape index (κ3) is 1.51. The molecule has 1 aliphatic carbocycles. The molecular formula is C11H12O4. The topological polar surface area (TPSA) is 52.6 Å².